The summed E-state index contributed by atoms with van der Waals surface area (Å²) in [5.41, 5.74) is 1.14. The molecule has 0 spiro atoms. The van der Waals surface area contributed by atoms with Crippen molar-refractivity contribution in [2.24, 2.45) is 0 Å². The monoisotopic (exact) mass is 460 g/mol. The minimum absolute atomic E-state index is 0.00972. The number of hydrogen-bond donors (Lipinski definition) is 0. The molecule has 2 aromatic heterocycles. The molecular formula is C20H21BrN4O2S. The summed E-state index contributed by atoms with van der Waals surface area (Å²) in [4.78, 5) is 26.7. The molecule has 0 N–H and O–H groups in total. The molecule has 0 aliphatic carbocycles. The molecule has 3 heterocycles. The highest BCUT2D eigenvalue weighted by atomic mass is 79.9. The van der Waals surface area contributed by atoms with E-state index < -0.39 is 6.10 Å². The van der Waals surface area contributed by atoms with E-state index in [0.717, 1.165) is 39.2 Å². The van der Waals surface area contributed by atoms with Crippen molar-refractivity contribution in [3.63, 3.8) is 0 Å². The standard InChI is InChI=1S/C20H21BrN4O2S/c1-13-3-4-17(16(21)11-13)27-14(2)20(26)25-8-6-24(7-9-25)18-15-5-10-28-19(15)23-12-22-18/h3-5,10-12,14H,6-9H2,1-2H3. The van der Waals surface area contributed by atoms with E-state index in [2.05, 4.69) is 36.9 Å². The molecule has 1 unspecified atom stereocenters. The van der Waals surface area contributed by atoms with Gasteiger partial charge in [-0.1, -0.05) is 6.07 Å². The first kappa shape index (κ1) is 19.1. The molecule has 1 aliphatic rings. The van der Waals surface area contributed by atoms with Crippen molar-refractivity contribution < 1.29 is 9.53 Å². The van der Waals surface area contributed by atoms with Crippen molar-refractivity contribution in [1.29, 1.82) is 0 Å². The quantitative estimate of drug-likeness (QED) is 0.591. The maximum absolute atomic E-state index is 12.8. The van der Waals surface area contributed by atoms with Gasteiger partial charge in [-0.05, 0) is 58.9 Å². The van der Waals surface area contributed by atoms with Gasteiger partial charge in [-0.15, -0.1) is 11.3 Å². The van der Waals surface area contributed by atoms with Crippen LogP contribution < -0.4 is 9.64 Å². The smallest absolute Gasteiger partial charge is 0.263 e. The van der Waals surface area contributed by atoms with Gasteiger partial charge in [0.25, 0.3) is 5.91 Å². The van der Waals surface area contributed by atoms with E-state index in [1.54, 1.807) is 24.6 Å². The van der Waals surface area contributed by atoms with Crippen molar-refractivity contribution in [3.05, 3.63) is 46.0 Å². The average Bonchev–Trinajstić information content (AvgIpc) is 3.18. The van der Waals surface area contributed by atoms with Crippen LogP contribution in [-0.4, -0.2) is 53.1 Å². The number of fused-ring (bicyclic) bond motifs is 1. The van der Waals surface area contributed by atoms with Gasteiger partial charge in [-0.3, -0.25) is 4.79 Å². The van der Waals surface area contributed by atoms with Crippen LogP contribution in [0.2, 0.25) is 0 Å². The Kier molecular flexibility index (Phi) is 5.50. The number of piperazine rings is 1. The first-order valence-corrected chi connectivity index (χ1v) is 10.8. The van der Waals surface area contributed by atoms with E-state index in [-0.39, 0.29) is 5.91 Å². The maximum atomic E-state index is 12.8. The summed E-state index contributed by atoms with van der Waals surface area (Å²) in [6.07, 6.45) is 1.08. The zero-order chi connectivity index (χ0) is 19.7. The van der Waals surface area contributed by atoms with Crippen LogP contribution in [0.25, 0.3) is 10.2 Å². The average molecular weight is 461 g/mol. The number of benzene rings is 1. The highest BCUT2D eigenvalue weighted by Gasteiger charge is 2.27. The lowest BCUT2D eigenvalue weighted by atomic mass is 10.2. The third-order valence-corrected chi connectivity index (χ3v) is 6.31. The molecular weight excluding hydrogens is 440 g/mol. The lowest BCUT2D eigenvalue weighted by molar-refractivity contribution is -0.138. The molecule has 146 valence electrons. The fourth-order valence-corrected chi connectivity index (χ4v) is 4.68. The van der Waals surface area contributed by atoms with E-state index >= 15 is 0 Å². The van der Waals surface area contributed by atoms with Crippen LogP contribution in [0.3, 0.4) is 0 Å². The van der Waals surface area contributed by atoms with Crippen LogP contribution in [0.1, 0.15) is 12.5 Å². The molecule has 1 aliphatic heterocycles. The summed E-state index contributed by atoms with van der Waals surface area (Å²) in [5, 5.41) is 3.11. The fourth-order valence-electron chi connectivity index (χ4n) is 3.37. The van der Waals surface area contributed by atoms with Crippen molar-refractivity contribution in [1.82, 2.24) is 14.9 Å². The van der Waals surface area contributed by atoms with Gasteiger partial charge in [0.15, 0.2) is 6.10 Å². The molecule has 4 rings (SSSR count). The molecule has 0 saturated carbocycles. The Morgan fingerprint density at radius 1 is 1.21 bits per heavy atom. The number of hydrogen-bond acceptors (Lipinski definition) is 6. The number of amides is 1. The Morgan fingerprint density at radius 3 is 2.75 bits per heavy atom. The second-order valence-corrected chi connectivity index (χ2v) is 8.59. The van der Waals surface area contributed by atoms with Gasteiger partial charge in [-0.25, -0.2) is 9.97 Å². The van der Waals surface area contributed by atoms with Crippen molar-refractivity contribution in [3.8, 4) is 5.75 Å². The molecule has 1 aromatic carbocycles. The summed E-state index contributed by atoms with van der Waals surface area (Å²) < 4.78 is 6.76. The molecule has 6 nitrogen and oxygen atoms in total. The molecule has 1 fully saturated rings. The van der Waals surface area contributed by atoms with Crippen LogP contribution in [0.5, 0.6) is 5.75 Å². The second kappa shape index (κ2) is 8.05. The maximum Gasteiger partial charge on any atom is 0.263 e. The molecule has 0 radical (unpaired) electrons. The first-order chi connectivity index (χ1) is 13.5. The van der Waals surface area contributed by atoms with E-state index in [4.69, 9.17) is 4.74 Å². The zero-order valence-electron chi connectivity index (χ0n) is 15.8. The van der Waals surface area contributed by atoms with Crippen LogP contribution in [0.4, 0.5) is 5.82 Å². The number of aryl methyl sites for hydroxylation is 1. The number of thiophene rings is 1. The highest BCUT2D eigenvalue weighted by molar-refractivity contribution is 9.10. The molecule has 1 amide bonds. The number of aromatic nitrogens is 2. The summed E-state index contributed by atoms with van der Waals surface area (Å²) in [6, 6.07) is 7.91. The Bertz CT molecular complexity index is 1000. The van der Waals surface area contributed by atoms with E-state index in [0.29, 0.717) is 18.8 Å². The number of carbonyl (C=O) groups excluding carboxylic acids is 1. The number of carbonyl (C=O) groups is 1. The van der Waals surface area contributed by atoms with Gasteiger partial charge in [0.05, 0.1) is 9.86 Å². The third-order valence-electron chi connectivity index (χ3n) is 4.87. The number of ether oxygens (including phenoxy) is 1. The van der Waals surface area contributed by atoms with Gasteiger partial charge < -0.3 is 14.5 Å². The molecule has 0 bridgehead atoms. The van der Waals surface area contributed by atoms with E-state index in [9.17, 15) is 4.79 Å². The normalized spacial score (nSPS) is 15.7. The van der Waals surface area contributed by atoms with Crippen LogP contribution in [-0.2, 0) is 4.79 Å². The summed E-state index contributed by atoms with van der Waals surface area (Å²) in [7, 11) is 0. The molecule has 3 aromatic rings. The first-order valence-electron chi connectivity index (χ1n) is 9.17. The Labute approximate surface area is 176 Å². The van der Waals surface area contributed by atoms with Gasteiger partial charge in [0.2, 0.25) is 0 Å². The third kappa shape index (κ3) is 3.84. The van der Waals surface area contributed by atoms with Crippen LogP contribution in [0, 0.1) is 6.92 Å². The van der Waals surface area contributed by atoms with Crippen molar-refractivity contribution in [2.75, 3.05) is 31.1 Å². The van der Waals surface area contributed by atoms with Crippen LogP contribution in [0.15, 0.2) is 40.4 Å². The van der Waals surface area contributed by atoms with Crippen molar-refractivity contribution >= 4 is 49.2 Å². The summed E-state index contributed by atoms with van der Waals surface area (Å²) >= 11 is 5.12. The largest absolute Gasteiger partial charge is 0.480 e. The van der Waals surface area contributed by atoms with Crippen molar-refractivity contribution in [2.45, 2.75) is 20.0 Å². The van der Waals surface area contributed by atoms with Gasteiger partial charge in [-0.2, -0.15) is 0 Å². The Hall–Kier alpha value is -2.19. The minimum atomic E-state index is -0.534. The topological polar surface area (TPSA) is 58.6 Å². The summed E-state index contributed by atoms with van der Waals surface area (Å²) in [5.74, 6) is 1.65. The molecule has 1 saturated heterocycles. The summed E-state index contributed by atoms with van der Waals surface area (Å²) in [6.45, 7) is 6.61. The van der Waals surface area contributed by atoms with Gasteiger partial charge in [0, 0.05) is 26.2 Å². The zero-order valence-corrected chi connectivity index (χ0v) is 18.2. The highest BCUT2D eigenvalue weighted by Crippen LogP contribution is 2.28. The second-order valence-electron chi connectivity index (χ2n) is 6.84. The molecule has 28 heavy (non-hydrogen) atoms. The van der Waals surface area contributed by atoms with E-state index in [1.165, 1.54) is 0 Å². The van der Waals surface area contributed by atoms with Gasteiger partial charge in [0.1, 0.15) is 22.7 Å². The van der Waals surface area contributed by atoms with Crippen LogP contribution >= 0.6 is 27.3 Å². The number of nitrogens with zero attached hydrogens (tertiary/aromatic N) is 4. The predicted octanol–water partition coefficient (Wildman–Crippen LogP) is 3.88. The number of anilines is 1. The fraction of sp³-hybridized carbons (Fsp3) is 0.350. The number of rotatable bonds is 4. The number of halogens is 1. The van der Waals surface area contributed by atoms with Gasteiger partial charge >= 0.3 is 0 Å². The lowest BCUT2D eigenvalue weighted by Gasteiger charge is -2.36. The predicted molar refractivity (Wildman–Crippen MR) is 115 cm³/mol. The molecule has 1 atom stereocenters. The Morgan fingerprint density at radius 2 is 2.00 bits per heavy atom. The minimum Gasteiger partial charge on any atom is -0.480 e. The molecule has 8 heteroatoms. The van der Waals surface area contributed by atoms with E-state index in [1.807, 2.05) is 35.4 Å². The Balaban J connectivity index is 1.39. The SMILES string of the molecule is Cc1ccc(OC(C)C(=O)N2CCN(c3ncnc4sccc34)CC2)c(Br)c1. The lowest BCUT2D eigenvalue weighted by Crippen LogP contribution is -2.52.